The van der Waals surface area contributed by atoms with Crippen LogP contribution in [0.15, 0.2) is 24.3 Å². The molecule has 0 radical (unpaired) electrons. The fourth-order valence-corrected chi connectivity index (χ4v) is 2.23. The van der Waals surface area contributed by atoms with Crippen molar-refractivity contribution in [1.29, 1.82) is 0 Å². The van der Waals surface area contributed by atoms with Gasteiger partial charge in [-0.3, -0.25) is 0 Å². The summed E-state index contributed by atoms with van der Waals surface area (Å²) >= 11 is 0. The number of ether oxygens (including phenoxy) is 4. The summed E-state index contributed by atoms with van der Waals surface area (Å²) in [5, 5.41) is 0. The topological polar surface area (TPSA) is 50.1 Å². The van der Waals surface area contributed by atoms with Gasteiger partial charge in [-0.15, -0.1) is 0 Å². The van der Waals surface area contributed by atoms with E-state index in [-0.39, 0.29) is 0 Å². The van der Waals surface area contributed by atoms with E-state index in [0.717, 1.165) is 38.7 Å². The molecule has 0 spiro atoms. The number of anilines is 1. The lowest BCUT2D eigenvalue weighted by Gasteiger charge is -2.23. The van der Waals surface area contributed by atoms with Crippen LogP contribution in [-0.2, 0) is 14.2 Å². The molecular weight excluding hydrogens is 258 g/mol. The van der Waals surface area contributed by atoms with Crippen molar-refractivity contribution < 1.29 is 18.9 Å². The molecule has 1 aromatic carbocycles. The van der Waals surface area contributed by atoms with Crippen LogP contribution in [0.3, 0.4) is 0 Å². The van der Waals surface area contributed by atoms with E-state index in [1.54, 1.807) is 0 Å². The second-order valence-electron chi connectivity index (χ2n) is 5.58. The molecule has 3 heterocycles. The van der Waals surface area contributed by atoms with Crippen molar-refractivity contribution in [3.05, 3.63) is 24.3 Å². The minimum atomic E-state index is 0.296. The minimum absolute atomic E-state index is 0.296. The minimum Gasteiger partial charge on any atom is -0.491 e. The van der Waals surface area contributed by atoms with Gasteiger partial charge in [0.2, 0.25) is 0 Å². The van der Waals surface area contributed by atoms with Crippen LogP contribution >= 0.6 is 0 Å². The van der Waals surface area contributed by atoms with E-state index in [2.05, 4.69) is 17.0 Å². The summed E-state index contributed by atoms with van der Waals surface area (Å²) in [6.07, 6.45) is 1.07. The van der Waals surface area contributed by atoms with Crippen LogP contribution in [0.5, 0.6) is 5.75 Å². The molecular formula is C15H19NO4. The van der Waals surface area contributed by atoms with E-state index in [1.165, 1.54) is 5.69 Å². The summed E-state index contributed by atoms with van der Waals surface area (Å²) in [6.45, 7) is 5.12. The van der Waals surface area contributed by atoms with Gasteiger partial charge in [0, 0.05) is 18.8 Å². The maximum absolute atomic E-state index is 5.66. The van der Waals surface area contributed by atoms with Crippen molar-refractivity contribution in [2.75, 3.05) is 44.4 Å². The Morgan fingerprint density at radius 1 is 0.900 bits per heavy atom. The molecule has 0 bridgehead atoms. The van der Waals surface area contributed by atoms with Gasteiger partial charge >= 0.3 is 0 Å². The second kappa shape index (κ2) is 5.24. The molecule has 0 unspecified atom stereocenters. The number of epoxide rings is 3. The molecule has 0 amide bonds. The first kappa shape index (κ1) is 12.4. The summed E-state index contributed by atoms with van der Waals surface area (Å²) in [6, 6.07) is 8.25. The molecule has 3 atom stereocenters. The van der Waals surface area contributed by atoms with Crippen molar-refractivity contribution in [1.82, 2.24) is 0 Å². The SMILES string of the molecule is c1cc(N(C[C@@H]2CO2)C[C@@H]2CO2)ccc1OC[C@@H]1CO1. The Balaban J connectivity index is 1.38. The molecule has 3 saturated heterocycles. The maximum Gasteiger partial charge on any atom is 0.119 e. The first-order valence-electron chi connectivity index (χ1n) is 7.19. The van der Waals surface area contributed by atoms with Crippen LogP contribution in [0.4, 0.5) is 5.69 Å². The summed E-state index contributed by atoms with van der Waals surface area (Å²) in [4.78, 5) is 2.34. The lowest BCUT2D eigenvalue weighted by molar-refractivity contribution is 0.263. The lowest BCUT2D eigenvalue weighted by atomic mass is 10.2. The second-order valence-corrected chi connectivity index (χ2v) is 5.58. The summed E-state index contributed by atoms with van der Waals surface area (Å²) in [5.41, 5.74) is 1.20. The molecule has 1 aromatic rings. The highest BCUT2D eigenvalue weighted by atomic mass is 16.6. The van der Waals surface area contributed by atoms with E-state index in [1.807, 2.05) is 12.1 Å². The Morgan fingerprint density at radius 3 is 1.95 bits per heavy atom. The molecule has 0 saturated carbocycles. The van der Waals surface area contributed by atoms with Crippen molar-refractivity contribution in [3.63, 3.8) is 0 Å². The van der Waals surface area contributed by atoms with Crippen LogP contribution < -0.4 is 9.64 Å². The van der Waals surface area contributed by atoms with Crippen LogP contribution in [0.1, 0.15) is 0 Å². The Labute approximate surface area is 118 Å². The molecule has 5 heteroatoms. The van der Waals surface area contributed by atoms with Crippen molar-refractivity contribution in [2.45, 2.75) is 18.3 Å². The normalized spacial score (nSPS) is 29.9. The highest BCUT2D eigenvalue weighted by Gasteiger charge is 2.30. The maximum atomic E-state index is 5.66. The summed E-state index contributed by atoms with van der Waals surface area (Å²) < 4.78 is 21.5. The fourth-order valence-electron chi connectivity index (χ4n) is 2.23. The van der Waals surface area contributed by atoms with Crippen LogP contribution in [0, 0.1) is 0 Å². The van der Waals surface area contributed by atoms with Gasteiger partial charge < -0.3 is 23.8 Å². The van der Waals surface area contributed by atoms with Crippen molar-refractivity contribution in [2.24, 2.45) is 0 Å². The average molecular weight is 277 g/mol. The Kier molecular flexibility index (Phi) is 3.26. The quantitative estimate of drug-likeness (QED) is 0.665. The zero-order chi connectivity index (χ0) is 13.4. The molecule has 4 rings (SSSR count). The van der Waals surface area contributed by atoms with E-state index in [0.29, 0.717) is 24.9 Å². The van der Waals surface area contributed by atoms with E-state index in [9.17, 15) is 0 Å². The number of hydrogen-bond acceptors (Lipinski definition) is 5. The predicted molar refractivity (Wildman–Crippen MR) is 73.4 cm³/mol. The number of benzene rings is 1. The first-order valence-corrected chi connectivity index (χ1v) is 7.19. The Bertz CT molecular complexity index is 437. The third-order valence-electron chi connectivity index (χ3n) is 3.69. The largest absolute Gasteiger partial charge is 0.491 e. The van der Waals surface area contributed by atoms with Crippen LogP contribution in [0.2, 0.25) is 0 Å². The Hall–Kier alpha value is -1.30. The highest BCUT2D eigenvalue weighted by molar-refractivity contribution is 5.49. The molecule has 20 heavy (non-hydrogen) atoms. The van der Waals surface area contributed by atoms with Gasteiger partial charge in [-0.25, -0.2) is 0 Å². The third-order valence-corrected chi connectivity index (χ3v) is 3.69. The van der Waals surface area contributed by atoms with E-state index >= 15 is 0 Å². The van der Waals surface area contributed by atoms with E-state index in [4.69, 9.17) is 18.9 Å². The van der Waals surface area contributed by atoms with Crippen LogP contribution in [-0.4, -0.2) is 57.8 Å². The van der Waals surface area contributed by atoms with Gasteiger partial charge in [-0.2, -0.15) is 0 Å². The molecule has 0 aliphatic carbocycles. The zero-order valence-corrected chi connectivity index (χ0v) is 11.4. The van der Waals surface area contributed by atoms with Crippen molar-refractivity contribution in [3.8, 4) is 5.75 Å². The monoisotopic (exact) mass is 277 g/mol. The average Bonchev–Trinajstić information content (AvgIpc) is 3.32. The standard InChI is InChI=1S/C15H19NO4/c1-3-12(17-9-15-10-20-15)4-2-11(1)16(5-13-7-18-13)6-14-8-19-14/h1-4,13-15H,5-10H2/t13-,14-,15-/m1/s1. The Morgan fingerprint density at radius 2 is 1.45 bits per heavy atom. The predicted octanol–water partition coefficient (Wildman–Crippen LogP) is 1.07. The molecule has 3 fully saturated rings. The fraction of sp³-hybridized carbons (Fsp3) is 0.600. The number of hydrogen-bond donors (Lipinski definition) is 0. The lowest BCUT2D eigenvalue weighted by Crippen LogP contribution is -2.31. The first-order chi connectivity index (χ1) is 9.87. The van der Waals surface area contributed by atoms with Gasteiger partial charge in [-0.1, -0.05) is 0 Å². The van der Waals surface area contributed by atoms with Crippen molar-refractivity contribution >= 4 is 5.69 Å². The molecule has 3 aliphatic rings. The third kappa shape index (κ3) is 3.42. The molecule has 108 valence electrons. The number of nitrogens with zero attached hydrogens (tertiary/aromatic N) is 1. The van der Waals surface area contributed by atoms with Crippen LogP contribution in [0.25, 0.3) is 0 Å². The van der Waals surface area contributed by atoms with Gasteiger partial charge in [0.25, 0.3) is 0 Å². The molecule has 0 N–H and O–H groups in total. The number of rotatable bonds is 8. The van der Waals surface area contributed by atoms with E-state index < -0.39 is 0 Å². The summed E-state index contributed by atoms with van der Waals surface area (Å²) in [7, 11) is 0. The van der Waals surface area contributed by atoms with Gasteiger partial charge in [-0.05, 0) is 24.3 Å². The zero-order valence-electron chi connectivity index (χ0n) is 11.4. The molecule has 3 aliphatic heterocycles. The van der Waals surface area contributed by atoms with Gasteiger partial charge in [0.15, 0.2) is 0 Å². The van der Waals surface area contributed by atoms with Gasteiger partial charge in [0.1, 0.15) is 18.5 Å². The smallest absolute Gasteiger partial charge is 0.119 e. The summed E-state index contributed by atoms with van der Waals surface area (Å²) in [5.74, 6) is 0.898. The highest BCUT2D eigenvalue weighted by Crippen LogP contribution is 2.25. The van der Waals surface area contributed by atoms with Gasteiger partial charge in [0.05, 0.1) is 32.0 Å². The molecule has 5 nitrogen and oxygen atoms in total. The molecule has 0 aromatic heterocycles.